The van der Waals surface area contributed by atoms with E-state index in [0.717, 1.165) is 38.5 Å². The average molecular weight is 442 g/mol. The quantitative estimate of drug-likeness (QED) is 0.142. The second-order valence-corrected chi connectivity index (χ2v) is 8.62. The standard InChI is InChI=1S/C23H40NO5P/c1-18(2)10-7-11-19(3)12-8-13-20(4)14-9-15-21(5)16-17-28-24-23(25)22(6)29-30(26)27/h10,12,14,16,22,30H,7-9,11,13,15,17H2,1-6H3,(H,24,25)(H,26,27)/b19-12+,20-14+,21-16+. The molecule has 0 spiro atoms. The van der Waals surface area contributed by atoms with Crippen molar-refractivity contribution in [2.45, 2.75) is 86.2 Å². The number of carbonyl (C=O) groups is 1. The molecule has 0 aliphatic heterocycles. The van der Waals surface area contributed by atoms with Crippen molar-refractivity contribution in [2.75, 3.05) is 6.61 Å². The van der Waals surface area contributed by atoms with Crippen molar-refractivity contribution in [3.63, 3.8) is 0 Å². The summed E-state index contributed by atoms with van der Waals surface area (Å²) < 4.78 is 15.1. The predicted octanol–water partition coefficient (Wildman–Crippen LogP) is 5.97. The van der Waals surface area contributed by atoms with Gasteiger partial charge in [-0.1, -0.05) is 46.6 Å². The first-order chi connectivity index (χ1) is 14.1. The van der Waals surface area contributed by atoms with E-state index in [1.54, 1.807) is 0 Å². The summed E-state index contributed by atoms with van der Waals surface area (Å²) in [5, 5.41) is 0. The highest BCUT2D eigenvalue weighted by Gasteiger charge is 2.14. The molecule has 172 valence electrons. The Morgan fingerprint density at radius 3 is 1.83 bits per heavy atom. The number of hydroxylamine groups is 1. The van der Waals surface area contributed by atoms with Crippen molar-refractivity contribution < 1.29 is 23.6 Å². The van der Waals surface area contributed by atoms with Gasteiger partial charge in [0.1, 0.15) is 6.10 Å². The van der Waals surface area contributed by atoms with Gasteiger partial charge in [-0.2, -0.15) is 0 Å². The molecule has 0 rings (SSSR count). The van der Waals surface area contributed by atoms with E-state index in [2.05, 4.69) is 55.9 Å². The first kappa shape index (κ1) is 28.5. The third kappa shape index (κ3) is 17.4. The van der Waals surface area contributed by atoms with Gasteiger partial charge >= 0.3 is 8.25 Å². The van der Waals surface area contributed by atoms with Crippen molar-refractivity contribution in [2.24, 2.45) is 0 Å². The van der Waals surface area contributed by atoms with Crippen LogP contribution in [0.4, 0.5) is 0 Å². The van der Waals surface area contributed by atoms with E-state index >= 15 is 0 Å². The summed E-state index contributed by atoms with van der Waals surface area (Å²) in [5.74, 6) is -0.590. The van der Waals surface area contributed by atoms with Crippen LogP contribution in [0.3, 0.4) is 0 Å². The monoisotopic (exact) mass is 441 g/mol. The largest absolute Gasteiger partial charge is 0.326 e. The number of hydrogen-bond acceptors (Lipinski definition) is 4. The van der Waals surface area contributed by atoms with E-state index in [4.69, 9.17) is 9.73 Å². The molecule has 0 aromatic rings. The molecule has 0 aromatic heterocycles. The highest BCUT2D eigenvalue weighted by Crippen LogP contribution is 2.17. The van der Waals surface area contributed by atoms with Crippen molar-refractivity contribution in [3.8, 4) is 0 Å². The molecular weight excluding hydrogens is 401 g/mol. The Balaban J connectivity index is 4.04. The van der Waals surface area contributed by atoms with Crippen LogP contribution in [0, 0.1) is 0 Å². The van der Waals surface area contributed by atoms with Crippen LogP contribution in [0.15, 0.2) is 46.6 Å². The number of rotatable bonds is 15. The summed E-state index contributed by atoms with van der Waals surface area (Å²) in [4.78, 5) is 25.2. The van der Waals surface area contributed by atoms with Gasteiger partial charge in [0.05, 0.1) is 6.61 Å². The highest BCUT2D eigenvalue weighted by molar-refractivity contribution is 7.32. The number of hydrogen-bond donors (Lipinski definition) is 2. The third-order valence-electron chi connectivity index (χ3n) is 4.49. The molecule has 0 saturated carbocycles. The molecule has 0 fully saturated rings. The molecular formula is C23H40NO5P. The zero-order chi connectivity index (χ0) is 22.9. The maximum atomic E-state index is 11.5. The zero-order valence-electron chi connectivity index (χ0n) is 19.4. The summed E-state index contributed by atoms with van der Waals surface area (Å²) in [6.45, 7) is 12.3. The molecule has 0 radical (unpaired) electrons. The molecule has 0 aliphatic rings. The topological polar surface area (TPSA) is 84.9 Å². The lowest BCUT2D eigenvalue weighted by Gasteiger charge is -2.10. The van der Waals surface area contributed by atoms with Gasteiger partial charge in [-0.05, 0) is 80.1 Å². The second kappa shape index (κ2) is 17.2. The third-order valence-corrected chi connectivity index (χ3v) is 5.04. The Morgan fingerprint density at radius 1 is 0.900 bits per heavy atom. The summed E-state index contributed by atoms with van der Waals surface area (Å²) in [6.07, 6.45) is 14.1. The van der Waals surface area contributed by atoms with Gasteiger partial charge < -0.3 is 4.89 Å². The molecule has 1 amide bonds. The van der Waals surface area contributed by atoms with Crippen molar-refractivity contribution in [3.05, 3.63) is 46.6 Å². The van der Waals surface area contributed by atoms with E-state index in [1.165, 1.54) is 29.2 Å². The molecule has 0 saturated heterocycles. The number of carbonyl (C=O) groups excluding carboxylic acids is 1. The second-order valence-electron chi connectivity index (χ2n) is 7.85. The average Bonchev–Trinajstić information content (AvgIpc) is 2.64. The summed E-state index contributed by atoms with van der Waals surface area (Å²) in [7, 11) is -3.14. The van der Waals surface area contributed by atoms with Crippen LogP contribution in [0.5, 0.6) is 0 Å². The fraction of sp³-hybridized carbons (Fsp3) is 0.609. The molecule has 0 aromatic carbocycles. The van der Waals surface area contributed by atoms with Crippen LogP contribution in [-0.4, -0.2) is 23.5 Å². The first-order valence-corrected chi connectivity index (χ1v) is 11.8. The maximum Gasteiger partial charge on any atom is 0.317 e. The van der Waals surface area contributed by atoms with E-state index in [9.17, 15) is 9.36 Å². The van der Waals surface area contributed by atoms with E-state index < -0.39 is 20.3 Å². The molecule has 0 heterocycles. The highest BCUT2D eigenvalue weighted by atomic mass is 31.1. The lowest BCUT2D eigenvalue weighted by Crippen LogP contribution is -2.33. The van der Waals surface area contributed by atoms with Crippen LogP contribution in [0.1, 0.15) is 80.1 Å². The summed E-state index contributed by atoms with van der Waals surface area (Å²) in [6, 6.07) is 0. The molecule has 2 unspecified atom stereocenters. The Hall–Kier alpha value is -1.46. The minimum atomic E-state index is -3.14. The minimum absolute atomic E-state index is 0.234. The molecule has 2 atom stereocenters. The fourth-order valence-corrected chi connectivity index (χ4v) is 2.98. The first-order valence-electron chi connectivity index (χ1n) is 10.5. The fourth-order valence-electron chi connectivity index (χ4n) is 2.57. The van der Waals surface area contributed by atoms with Gasteiger partial charge in [0.15, 0.2) is 0 Å². The Bertz CT molecular complexity index is 661. The van der Waals surface area contributed by atoms with Crippen molar-refractivity contribution in [1.82, 2.24) is 5.48 Å². The molecule has 2 N–H and O–H groups in total. The molecule has 30 heavy (non-hydrogen) atoms. The van der Waals surface area contributed by atoms with Crippen molar-refractivity contribution in [1.29, 1.82) is 0 Å². The maximum absolute atomic E-state index is 11.5. The molecule has 0 bridgehead atoms. The number of allylic oxidation sites excluding steroid dienone is 7. The number of amides is 1. The van der Waals surface area contributed by atoms with E-state index in [1.807, 2.05) is 13.0 Å². The van der Waals surface area contributed by atoms with Gasteiger partial charge in [-0.25, -0.2) is 5.48 Å². The minimum Gasteiger partial charge on any atom is -0.326 e. The molecule has 6 nitrogen and oxygen atoms in total. The molecule has 0 aliphatic carbocycles. The van der Waals surface area contributed by atoms with Crippen molar-refractivity contribution >= 4 is 14.2 Å². The zero-order valence-corrected chi connectivity index (χ0v) is 20.4. The van der Waals surface area contributed by atoms with Crippen LogP contribution in [0.25, 0.3) is 0 Å². The Labute approximate surface area is 183 Å². The lowest BCUT2D eigenvalue weighted by molar-refractivity contribution is -0.139. The molecule has 7 heteroatoms. The number of nitrogens with one attached hydrogen (secondary N) is 1. The van der Waals surface area contributed by atoms with E-state index in [-0.39, 0.29) is 6.61 Å². The van der Waals surface area contributed by atoms with Gasteiger partial charge in [-0.15, -0.1) is 0 Å². The Kier molecular flexibility index (Phi) is 16.4. The summed E-state index contributed by atoms with van der Waals surface area (Å²) >= 11 is 0. The normalized spacial score (nSPS) is 15.0. The SMILES string of the molecule is CC(C)=CCC/C(C)=C/CC/C(C)=C/CC/C(C)=C/CONC(=O)C(C)O[PH](=O)O. The Morgan fingerprint density at radius 2 is 1.37 bits per heavy atom. The van der Waals surface area contributed by atoms with Gasteiger partial charge in [0, 0.05) is 0 Å². The van der Waals surface area contributed by atoms with Crippen LogP contribution in [-0.2, 0) is 18.7 Å². The predicted molar refractivity (Wildman–Crippen MR) is 124 cm³/mol. The van der Waals surface area contributed by atoms with Gasteiger partial charge in [0.2, 0.25) is 0 Å². The van der Waals surface area contributed by atoms with Gasteiger partial charge in [0.25, 0.3) is 5.91 Å². The van der Waals surface area contributed by atoms with E-state index in [0.29, 0.717) is 0 Å². The smallest absolute Gasteiger partial charge is 0.317 e. The summed E-state index contributed by atoms with van der Waals surface area (Å²) in [5.41, 5.74) is 7.61. The lowest BCUT2D eigenvalue weighted by atomic mass is 10.0. The van der Waals surface area contributed by atoms with Crippen LogP contribution < -0.4 is 5.48 Å². The van der Waals surface area contributed by atoms with Gasteiger partial charge in [-0.3, -0.25) is 18.7 Å². The van der Waals surface area contributed by atoms with Crippen LogP contribution in [0.2, 0.25) is 0 Å². The van der Waals surface area contributed by atoms with Crippen LogP contribution >= 0.6 is 8.25 Å².